The lowest BCUT2D eigenvalue weighted by atomic mass is 10.1. The fourth-order valence-corrected chi connectivity index (χ4v) is 3.37. The first-order chi connectivity index (χ1) is 12.1. The van der Waals surface area contributed by atoms with Crippen molar-refractivity contribution in [1.82, 2.24) is 9.80 Å². The van der Waals surface area contributed by atoms with Crippen LogP contribution >= 0.6 is 12.6 Å². The van der Waals surface area contributed by atoms with E-state index in [1.807, 2.05) is 59.2 Å². The number of benzene rings is 2. The lowest BCUT2D eigenvalue weighted by Crippen LogP contribution is -2.37. The largest absolute Gasteiger partial charge is 0.337 e. The first kappa shape index (κ1) is 17.5. The Balaban J connectivity index is 1.69. The van der Waals surface area contributed by atoms with E-state index in [-0.39, 0.29) is 11.8 Å². The predicted molar refractivity (Wildman–Crippen MR) is 101 cm³/mol. The molecular formula is C20H22N2O2S. The Kier molecular flexibility index (Phi) is 5.43. The minimum atomic E-state index is -0.0181. The van der Waals surface area contributed by atoms with Crippen molar-refractivity contribution >= 4 is 24.4 Å². The maximum absolute atomic E-state index is 12.7. The molecular weight excluding hydrogens is 332 g/mol. The van der Waals surface area contributed by atoms with Crippen molar-refractivity contribution in [3.05, 3.63) is 65.2 Å². The SMILES string of the molecule is Cc1cccc(C(=O)N2CCCN(C(=O)c3ccccc3S)CC2)c1. The van der Waals surface area contributed by atoms with E-state index < -0.39 is 0 Å². The zero-order chi connectivity index (χ0) is 17.8. The number of amides is 2. The highest BCUT2D eigenvalue weighted by Crippen LogP contribution is 2.17. The quantitative estimate of drug-likeness (QED) is 0.841. The van der Waals surface area contributed by atoms with Gasteiger partial charge < -0.3 is 9.80 Å². The highest BCUT2D eigenvalue weighted by molar-refractivity contribution is 7.80. The average molecular weight is 354 g/mol. The zero-order valence-electron chi connectivity index (χ0n) is 14.3. The van der Waals surface area contributed by atoms with Crippen molar-refractivity contribution in [3.63, 3.8) is 0 Å². The van der Waals surface area contributed by atoms with Crippen LogP contribution in [-0.4, -0.2) is 47.8 Å². The number of nitrogens with zero attached hydrogens (tertiary/aromatic N) is 2. The standard InChI is InChI=1S/C20H22N2O2S/c1-15-6-4-7-16(14-15)19(23)21-10-5-11-22(13-12-21)20(24)17-8-2-3-9-18(17)25/h2-4,6-9,14,25H,5,10-13H2,1H3. The topological polar surface area (TPSA) is 40.6 Å². The summed E-state index contributed by atoms with van der Waals surface area (Å²) < 4.78 is 0. The number of thiol groups is 1. The lowest BCUT2D eigenvalue weighted by molar-refractivity contribution is 0.0717. The molecule has 1 aliphatic heterocycles. The van der Waals surface area contributed by atoms with Crippen molar-refractivity contribution in [1.29, 1.82) is 0 Å². The smallest absolute Gasteiger partial charge is 0.255 e. The molecule has 0 aliphatic carbocycles. The van der Waals surface area contributed by atoms with Gasteiger partial charge in [-0.25, -0.2) is 0 Å². The Morgan fingerprint density at radius 3 is 2.24 bits per heavy atom. The average Bonchev–Trinajstić information content (AvgIpc) is 2.87. The summed E-state index contributed by atoms with van der Waals surface area (Å²) in [6.07, 6.45) is 0.776. The molecule has 5 heteroatoms. The third kappa shape index (κ3) is 4.04. The van der Waals surface area contributed by atoms with E-state index >= 15 is 0 Å². The molecule has 1 fully saturated rings. The van der Waals surface area contributed by atoms with Crippen molar-refractivity contribution in [2.75, 3.05) is 26.2 Å². The van der Waals surface area contributed by atoms with Gasteiger partial charge in [0.1, 0.15) is 0 Å². The van der Waals surface area contributed by atoms with Crippen molar-refractivity contribution < 1.29 is 9.59 Å². The van der Waals surface area contributed by atoms with Crippen LogP contribution in [0.25, 0.3) is 0 Å². The van der Waals surface area contributed by atoms with Crippen molar-refractivity contribution in [2.24, 2.45) is 0 Å². The molecule has 2 amide bonds. The number of rotatable bonds is 2. The van der Waals surface area contributed by atoms with E-state index in [9.17, 15) is 9.59 Å². The van der Waals surface area contributed by atoms with Gasteiger partial charge in [0.15, 0.2) is 0 Å². The lowest BCUT2D eigenvalue weighted by Gasteiger charge is -2.23. The van der Waals surface area contributed by atoms with Gasteiger partial charge in [-0.2, -0.15) is 0 Å². The van der Waals surface area contributed by atoms with Crippen LogP contribution in [0, 0.1) is 6.92 Å². The van der Waals surface area contributed by atoms with Gasteiger partial charge in [-0.1, -0.05) is 29.8 Å². The molecule has 1 aliphatic rings. The first-order valence-corrected chi connectivity index (χ1v) is 8.94. The predicted octanol–water partition coefficient (Wildman–Crippen LogP) is 3.27. The molecule has 0 aromatic heterocycles. The summed E-state index contributed by atoms with van der Waals surface area (Å²) in [5.41, 5.74) is 2.40. The summed E-state index contributed by atoms with van der Waals surface area (Å²) in [7, 11) is 0. The van der Waals surface area contributed by atoms with Crippen LogP contribution in [-0.2, 0) is 0 Å². The van der Waals surface area contributed by atoms with E-state index in [2.05, 4.69) is 12.6 Å². The Bertz CT molecular complexity index is 791. The highest BCUT2D eigenvalue weighted by Gasteiger charge is 2.24. The highest BCUT2D eigenvalue weighted by atomic mass is 32.1. The number of hydrogen-bond acceptors (Lipinski definition) is 3. The maximum atomic E-state index is 12.7. The fourth-order valence-electron chi connectivity index (χ4n) is 3.11. The van der Waals surface area contributed by atoms with E-state index in [0.29, 0.717) is 42.2 Å². The minimum absolute atomic E-state index is 0.0181. The summed E-state index contributed by atoms with van der Waals surface area (Å²) in [5.74, 6) is 0.0167. The van der Waals surface area contributed by atoms with Crippen LogP contribution in [0.4, 0.5) is 0 Å². The Labute approximate surface area is 153 Å². The van der Waals surface area contributed by atoms with E-state index in [1.165, 1.54) is 0 Å². The van der Waals surface area contributed by atoms with Gasteiger partial charge in [-0.15, -0.1) is 12.6 Å². The monoisotopic (exact) mass is 354 g/mol. The second-order valence-electron chi connectivity index (χ2n) is 6.32. The van der Waals surface area contributed by atoms with Crippen LogP contribution in [0.5, 0.6) is 0 Å². The number of aryl methyl sites for hydroxylation is 1. The van der Waals surface area contributed by atoms with E-state index in [1.54, 1.807) is 6.07 Å². The van der Waals surface area contributed by atoms with Crippen LogP contribution in [0.2, 0.25) is 0 Å². The van der Waals surface area contributed by atoms with Crippen molar-refractivity contribution in [3.8, 4) is 0 Å². The van der Waals surface area contributed by atoms with Gasteiger partial charge in [0.25, 0.3) is 11.8 Å². The van der Waals surface area contributed by atoms with Gasteiger partial charge >= 0.3 is 0 Å². The number of carbonyl (C=O) groups excluding carboxylic acids is 2. The van der Waals surface area contributed by atoms with Crippen LogP contribution in [0.3, 0.4) is 0 Å². The first-order valence-electron chi connectivity index (χ1n) is 8.49. The molecule has 0 spiro atoms. The molecule has 3 rings (SSSR count). The fraction of sp³-hybridized carbons (Fsp3) is 0.300. The molecule has 130 valence electrons. The molecule has 0 atom stereocenters. The molecule has 1 heterocycles. The molecule has 0 radical (unpaired) electrons. The summed E-state index contributed by atoms with van der Waals surface area (Å²) >= 11 is 4.38. The van der Waals surface area contributed by atoms with Gasteiger partial charge in [-0.3, -0.25) is 9.59 Å². The third-order valence-electron chi connectivity index (χ3n) is 4.47. The van der Waals surface area contributed by atoms with Gasteiger partial charge in [0.05, 0.1) is 5.56 Å². The zero-order valence-corrected chi connectivity index (χ0v) is 15.2. The van der Waals surface area contributed by atoms with Gasteiger partial charge in [-0.05, 0) is 37.6 Å². The second kappa shape index (κ2) is 7.74. The normalized spacial score (nSPS) is 15.0. The summed E-state index contributed by atoms with van der Waals surface area (Å²) in [6.45, 7) is 4.39. The molecule has 2 aromatic carbocycles. The summed E-state index contributed by atoms with van der Waals surface area (Å²) in [4.78, 5) is 29.8. The second-order valence-corrected chi connectivity index (χ2v) is 6.81. The van der Waals surface area contributed by atoms with E-state index in [0.717, 1.165) is 12.0 Å². The summed E-state index contributed by atoms with van der Waals surface area (Å²) in [5, 5.41) is 0. The Hall–Kier alpha value is -2.27. The minimum Gasteiger partial charge on any atom is -0.337 e. The molecule has 2 aromatic rings. The van der Waals surface area contributed by atoms with Gasteiger partial charge in [0.2, 0.25) is 0 Å². The maximum Gasteiger partial charge on any atom is 0.255 e. The summed E-state index contributed by atoms with van der Waals surface area (Å²) in [6, 6.07) is 15.0. The molecule has 0 N–H and O–H groups in total. The van der Waals surface area contributed by atoms with Crippen LogP contribution in [0.1, 0.15) is 32.7 Å². The Morgan fingerprint density at radius 2 is 1.56 bits per heavy atom. The van der Waals surface area contributed by atoms with Crippen molar-refractivity contribution in [2.45, 2.75) is 18.2 Å². The molecule has 0 unspecified atom stereocenters. The third-order valence-corrected chi connectivity index (χ3v) is 4.86. The Morgan fingerprint density at radius 1 is 0.880 bits per heavy atom. The van der Waals surface area contributed by atoms with E-state index in [4.69, 9.17) is 0 Å². The molecule has 1 saturated heterocycles. The number of hydrogen-bond donors (Lipinski definition) is 1. The molecule has 0 bridgehead atoms. The van der Waals surface area contributed by atoms with Gasteiger partial charge in [0, 0.05) is 36.6 Å². The number of carbonyl (C=O) groups is 2. The molecule has 4 nitrogen and oxygen atoms in total. The molecule has 0 saturated carbocycles. The van der Waals surface area contributed by atoms with Crippen LogP contribution < -0.4 is 0 Å². The molecule has 25 heavy (non-hydrogen) atoms. The van der Waals surface area contributed by atoms with Crippen LogP contribution in [0.15, 0.2) is 53.4 Å².